The van der Waals surface area contributed by atoms with Gasteiger partial charge >= 0.3 is 0 Å². The van der Waals surface area contributed by atoms with Gasteiger partial charge in [-0.2, -0.15) is 0 Å². The number of hydrogen-bond donors (Lipinski definition) is 0. The van der Waals surface area contributed by atoms with Crippen molar-refractivity contribution in [1.29, 1.82) is 0 Å². The smallest absolute Gasteiger partial charge is 0.191 e. The van der Waals surface area contributed by atoms with Crippen molar-refractivity contribution >= 4 is 17.5 Å². The molecule has 4 nitrogen and oxygen atoms in total. The third kappa shape index (κ3) is 3.73. The van der Waals surface area contributed by atoms with Gasteiger partial charge in [-0.25, -0.2) is 0 Å². The van der Waals surface area contributed by atoms with E-state index < -0.39 is 0 Å². The molecule has 1 aromatic heterocycles. The van der Waals surface area contributed by atoms with Gasteiger partial charge in [0.25, 0.3) is 0 Å². The molecule has 1 aromatic carbocycles. The molecule has 1 aliphatic rings. The number of rotatable bonds is 5. The first-order valence-electron chi connectivity index (χ1n) is 7.43. The number of fused-ring (bicyclic) bond motifs is 1. The summed E-state index contributed by atoms with van der Waals surface area (Å²) in [5, 5.41) is 9.40. The highest BCUT2D eigenvalue weighted by molar-refractivity contribution is 7.99. The maximum absolute atomic E-state index is 12.1. The Morgan fingerprint density at radius 2 is 2.00 bits per heavy atom. The number of hydrogen-bond acceptors (Lipinski definition) is 4. The Hall–Kier alpha value is -1.62. The minimum absolute atomic E-state index is 0.233. The van der Waals surface area contributed by atoms with Crippen LogP contribution in [-0.2, 0) is 24.2 Å². The lowest BCUT2D eigenvalue weighted by Gasteiger charge is -2.06. The maximum Gasteiger partial charge on any atom is 0.191 e. The molecule has 1 aliphatic heterocycles. The zero-order valence-corrected chi connectivity index (χ0v) is 12.8. The Balaban J connectivity index is 1.58. The average molecular weight is 301 g/mol. The molecule has 5 heteroatoms. The van der Waals surface area contributed by atoms with Crippen LogP contribution in [0.25, 0.3) is 0 Å². The molecular formula is C16H19N3OS. The van der Waals surface area contributed by atoms with Gasteiger partial charge < -0.3 is 4.57 Å². The molecule has 0 amide bonds. The van der Waals surface area contributed by atoms with Crippen molar-refractivity contribution in [3.8, 4) is 0 Å². The number of carbonyl (C=O) groups is 1. The normalized spacial score (nSPS) is 14.5. The van der Waals surface area contributed by atoms with Gasteiger partial charge in [0.1, 0.15) is 11.6 Å². The van der Waals surface area contributed by atoms with E-state index in [1.807, 2.05) is 30.3 Å². The summed E-state index contributed by atoms with van der Waals surface area (Å²) < 4.78 is 2.19. The molecule has 2 aromatic rings. The number of benzene rings is 1. The van der Waals surface area contributed by atoms with Crippen molar-refractivity contribution in [2.24, 2.45) is 0 Å². The predicted molar refractivity (Wildman–Crippen MR) is 83.5 cm³/mol. The van der Waals surface area contributed by atoms with E-state index in [4.69, 9.17) is 0 Å². The van der Waals surface area contributed by atoms with Crippen LogP contribution in [0.2, 0.25) is 0 Å². The topological polar surface area (TPSA) is 47.8 Å². The summed E-state index contributed by atoms with van der Waals surface area (Å²) in [6.07, 6.45) is 5.12. The first-order chi connectivity index (χ1) is 10.3. The SMILES string of the molecule is O=C(CSc1nnc2n1CCCCC2)Cc1ccccc1. The van der Waals surface area contributed by atoms with E-state index in [1.165, 1.54) is 31.0 Å². The number of nitrogens with zero attached hydrogens (tertiary/aromatic N) is 3. The summed E-state index contributed by atoms with van der Waals surface area (Å²) in [7, 11) is 0. The lowest BCUT2D eigenvalue weighted by Crippen LogP contribution is -2.08. The van der Waals surface area contributed by atoms with E-state index in [0.29, 0.717) is 12.2 Å². The van der Waals surface area contributed by atoms with Gasteiger partial charge in [0, 0.05) is 19.4 Å². The number of thioether (sulfide) groups is 1. The third-order valence-corrected chi connectivity index (χ3v) is 4.71. The second kappa shape index (κ2) is 6.89. The molecule has 0 spiro atoms. The Kier molecular flexibility index (Phi) is 4.70. The highest BCUT2D eigenvalue weighted by atomic mass is 32.2. The lowest BCUT2D eigenvalue weighted by molar-refractivity contribution is -0.116. The standard InChI is InChI=1S/C16H19N3OS/c20-14(11-13-7-3-1-4-8-13)12-21-16-18-17-15-9-5-2-6-10-19(15)16/h1,3-4,7-8H,2,5-6,9-12H2. The Labute approximate surface area is 129 Å². The molecule has 0 bridgehead atoms. The van der Waals surface area contributed by atoms with E-state index in [1.54, 1.807) is 0 Å². The monoisotopic (exact) mass is 301 g/mol. The first-order valence-corrected chi connectivity index (χ1v) is 8.42. The van der Waals surface area contributed by atoms with E-state index in [9.17, 15) is 4.79 Å². The van der Waals surface area contributed by atoms with Crippen LogP contribution in [0.3, 0.4) is 0 Å². The average Bonchev–Trinajstić information content (AvgIpc) is 2.73. The van der Waals surface area contributed by atoms with Crippen molar-refractivity contribution in [3.63, 3.8) is 0 Å². The van der Waals surface area contributed by atoms with E-state index >= 15 is 0 Å². The van der Waals surface area contributed by atoms with E-state index in [0.717, 1.165) is 29.5 Å². The van der Waals surface area contributed by atoms with Gasteiger partial charge in [-0.15, -0.1) is 10.2 Å². The molecule has 0 saturated heterocycles. The molecule has 110 valence electrons. The lowest BCUT2D eigenvalue weighted by atomic mass is 10.1. The number of aromatic nitrogens is 3. The molecular weight excluding hydrogens is 282 g/mol. The Morgan fingerprint density at radius 1 is 1.14 bits per heavy atom. The molecule has 21 heavy (non-hydrogen) atoms. The fourth-order valence-electron chi connectivity index (χ4n) is 2.58. The largest absolute Gasteiger partial charge is 0.306 e. The van der Waals surface area contributed by atoms with Crippen molar-refractivity contribution in [1.82, 2.24) is 14.8 Å². The highest BCUT2D eigenvalue weighted by Gasteiger charge is 2.16. The second-order valence-electron chi connectivity index (χ2n) is 5.35. The minimum atomic E-state index is 0.233. The summed E-state index contributed by atoms with van der Waals surface area (Å²) in [6.45, 7) is 0.984. The molecule has 0 fully saturated rings. The summed E-state index contributed by atoms with van der Waals surface area (Å²) in [5.74, 6) is 1.77. The van der Waals surface area contributed by atoms with Gasteiger partial charge in [-0.1, -0.05) is 48.5 Å². The van der Waals surface area contributed by atoms with Gasteiger partial charge in [0.05, 0.1) is 5.75 Å². The summed E-state index contributed by atoms with van der Waals surface area (Å²) in [6, 6.07) is 9.88. The van der Waals surface area contributed by atoms with Crippen LogP contribution in [0.5, 0.6) is 0 Å². The number of aryl methyl sites for hydroxylation is 1. The van der Waals surface area contributed by atoms with Crippen molar-refractivity contribution in [2.75, 3.05) is 5.75 Å². The zero-order valence-electron chi connectivity index (χ0n) is 12.0. The zero-order chi connectivity index (χ0) is 14.5. The van der Waals surface area contributed by atoms with Gasteiger partial charge in [0.2, 0.25) is 0 Å². The van der Waals surface area contributed by atoms with Gasteiger partial charge in [-0.3, -0.25) is 4.79 Å². The second-order valence-corrected chi connectivity index (χ2v) is 6.29. The van der Waals surface area contributed by atoms with Crippen molar-refractivity contribution in [3.05, 3.63) is 41.7 Å². The predicted octanol–water partition coefficient (Wildman–Crippen LogP) is 2.91. The molecule has 0 atom stereocenters. The van der Waals surface area contributed by atoms with E-state index in [2.05, 4.69) is 14.8 Å². The van der Waals surface area contributed by atoms with Crippen LogP contribution in [0.15, 0.2) is 35.5 Å². The summed E-state index contributed by atoms with van der Waals surface area (Å²) in [4.78, 5) is 12.1. The Bertz CT molecular complexity index is 609. The fraction of sp³-hybridized carbons (Fsp3) is 0.438. The van der Waals surface area contributed by atoms with Crippen LogP contribution < -0.4 is 0 Å². The van der Waals surface area contributed by atoms with Crippen molar-refractivity contribution in [2.45, 2.75) is 43.8 Å². The van der Waals surface area contributed by atoms with Gasteiger partial charge in [0.15, 0.2) is 5.16 Å². The highest BCUT2D eigenvalue weighted by Crippen LogP contribution is 2.22. The molecule has 0 radical (unpaired) electrons. The van der Waals surface area contributed by atoms with Crippen LogP contribution in [0, 0.1) is 0 Å². The minimum Gasteiger partial charge on any atom is -0.306 e. The maximum atomic E-state index is 12.1. The van der Waals surface area contributed by atoms with Crippen LogP contribution >= 0.6 is 11.8 Å². The van der Waals surface area contributed by atoms with Gasteiger partial charge in [-0.05, 0) is 18.4 Å². The van der Waals surface area contributed by atoms with Crippen LogP contribution in [0.4, 0.5) is 0 Å². The summed E-state index contributed by atoms with van der Waals surface area (Å²) in [5.41, 5.74) is 1.07. The molecule has 3 rings (SSSR count). The molecule has 0 unspecified atom stereocenters. The number of Topliss-reactive ketones (excluding diaryl/α,β-unsaturated/α-hetero) is 1. The Morgan fingerprint density at radius 3 is 2.86 bits per heavy atom. The number of ketones is 1. The molecule has 2 heterocycles. The van der Waals surface area contributed by atoms with Crippen molar-refractivity contribution < 1.29 is 4.79 Å². The molecule has 0 aliphatic carbocycles. The summed E-state index contributed by atoms with van der Waals surface area (Å²) >= 11 is 1.52. The quantitative estimate of drug-likeness (QED) is 0.797. The molecule has 0 saturated carbocycles. The van der Waals surface area contributed by atoms with Crippen LogP contribution in [0.1, 0.15) is 30.7 Å². The number of carbonyl (C=O) groups excluding carboxylic acids is 1. The van der Waals surface area contributed by atoms with Crippen LogP contribution in [-0.4, -0.2) is 26.3 Å². The fourth-order valence-corrected chi connectivity index (χ4v) is 3.43. The first kappa shape index (κ1) is 14.3. The third-order valence-electron chi connectivity index (χ3n) is 3.68. The van der Waals surface area contributed by atoms with E-state index in [-0.39, 0.29) is 5.78 Å². The molecule has 0 N–H and O–H groups in total.